The van der Waals surface area contributed by atoms with Crippen molar-refractivity contribution in [3.63, 3.8) is 0 Å². The number of nitrogens with zero attached hydrogens (tertiary/aromatic N) is 1. The molecule has 0 spiro atoms. The highest BCUT2D eigenvalue weighted by molar-refractivity contribution is 5.96. The summed E-state index contributed by atoms with van der Waals surface area (Å²) in [5.74, 6) is -9.46. The lowest BCUT2D eigenvalue weighted by molar-refractivity contribution is -0.147. The van der Waals surface area contributed by atoms with Crippen LogP contribution in [0.3, 0.4) is 0 Å². The number of carboxylic acids is 4. The summed E-state index contributed by atoms with van der Waals surface area (Å²) in [6, 6.07) is -6.55. The summed E-state index contributed by atoms with van der Waals surface area (Å²) in [5.41, 5.74) is 6.25. The van der Waals surface area contributed by atoms with Gasteiger partial charge in [0.2, 0.25) is 17.7 Å². The molecular weight excluding hydrogens is 488 g/mol. The summed E-state index contributed by atoms with van der Waals surface area (Å²) in [7, 11) is 0. The molecule has 4 unspecified atom stereocenters. The van der Waals surface area contributed by atoms with E-state index < -0.39 is 91.4 Å². The number of carbonyl (C=O) groups is 7. The summed E-state index contributed by atoms with van der Waals surface area (Å²) in [4.78, 5) is 88.4. The highest BCUT2D eigenvalue weighted by Gasteiger charge is 2.32. The van der Waals surface area contributed by atoms with E-state index >= 15 is 0 Å². The predicted octanol–water partition coefficient (Wildman–Crippen LogP) is -3.37. The van der Waals surface area contributed by atoms with Gasteiger partial charge in [-0.1, -0.05) is 0 Å². The second kappa shape index (κ2) is 14.0. The van der Waals surface area contributed by atoms with Crippen LogP contribution in [0.4, 0.5) is 0 Å². The fourth-order valence-corrected chi connectivity index (χ4v) is 2.84. The summed E-state index contributed by atoms with van der Waals surface area (Å²) >= 11 is 0. The first-order chi connectivity index (χ1) is 16.8. The van der Waals surface area contributed by atoms with Gasteiger partial charge in [-0.3, -0.25) is 28.8 Å². The number of hydrogen-bond donors (Lipinski definition) is 9. The number of aliphatic carboxylic acids is 4. The Kier molecular flexibility index (Phi) is 11.5. The van der Waals surface area contributed by atoms with Gasteiger partial charge in [0.25, 0.3) is 0 Å². The minimum absolute atomic E-state index is 0.0307. The number of nitrogens with one attached hydrogen (secondary N) is 4. The Balaban J connectivity index is 2.99. The van der Waals surface area contributed by atoms with Crippen LogP contribution in [-0.4, -0.2) is 96.2 Å². The molecule has 17 heteroatoms. The first kappa shape index (κ1) is 29.5. The molecule has 0 aliphatic heterocycles. The topological polar surface area (TPSA) is 291 Å². The fraction of sp³-hybridized carbons (Fsp3) is 0.474. The second-order valence-electron chi connectivity index (χ2n) is 7.54. The Morgan fingerprint density at radius 3 is 1.83 bits per heavy atom. The van der Waals surface area contributed by atoms with Crippen molar-refractivity contribution in [2.45, 2.75) is 56.3 Å². The van der Waals surface area contributed by atoms with E-state index in [0.717, 1.165) is 0 Å². The summed E-state index contributed by atoms with van der Waals surface area (Å²) in [6.45, 7) is 0. The second-order valence-corrected chi connectivity index (χ2v) is 7.54. The Hall–Kier alpha value is -4.54. The van der Waals surface area contributed by atoms with E-state index in [4.69, 9.17) is 26.2 Å². The molecule has 1 heterocycles. The maximum Gasteiger partial charge on any atom is 0.326 e. The van der Waals surface area contributed by atoms with E-state index in [9.17, 15) is 33.6 Å². The summed E-state index contributed by atoms with van der Waals surface area (Å²) < 4.78 is 0. The van der Waals surface area contributed by atoms with E-state index in [-0.39, 0.29) is 6.42 Å². The van der Waals surface area contributed by atoms with Crippen molar-refractivity contribution in [2.24, 2.45) is 5.73 Å². The number of carbonyl (C=O) groups excluding carboxylic acids is 3. The number of H-pyrrole nitrogens is 1. The molecule has 3 amide bonds. The number of hydrogen-bond acceptors (Lipinski definition) is 9. The summed E-state index contributed by atoms with van der Waals surface area (Å²) in [6.07, 6.45) is -0.454. The lowest BCUT2D eigenvalue weighted by atomic mass is 10.1. The SMILES string of the molecule is NC(Cc1cnc[nH]1)C(=O)NC(CC(=O)O)C(=O)NC(CCC(=O)O)C(=O)NC(CC(=O)O)C(=O)O. The molecule has 0 radical (unpaired) electrons. The van der Waals surface area contributed by atoms with Crippen molar-refractivity contribution >= 4 is 41.6 Å². The zero-order valence-electron chi connectivity index (χ0n) is 18.7. The van der Waals surface area contributed by atoms with Gasteiger partial charge in [-0.05, 0) is 6.42 Å². The number of imidazole rings is 1. The molecule has 36 heavy (non-hydrogen) atoms. The van der Waals surface area contributed by atoms with E-state index in [0.29, 0.717) is 5.69 Å². The largest absolute Gasteiger partial charge is 0.481 e. The van der Waals surface area contributed by atoms with Gasteiger partial charge >= 0.3 is 23.9 Å². The fourth-order valence-electron chi connectivity index (χ4n) is 2.84. The first-order valence-electron chi connectivity index (χ1n) is 10.3. The maximum atomic E-state index is 12.7. The van der Waals surface area contributed by atoms with Crippen LogP contribution in [0, 0.1) is 0 Å². The Labute approximate surface area is 202 Å². The standard InChI is InChI=1S/C19H26N6O11/c20-9(3-8-6-21-7-22-8)16(32)24-11(4-14(28)29)18(34)23-10(1-2-13(26)27)17(33)25-12(19(35)36)5-15(30)31/h6-7,9-12H,1-5,20H2,(H,21,22)(H,23,34)(H,24,32)(H,25,33)(H,26,27)(H,28,29)(H,30,31)(H,35,36). The van der Waals surface area contributed by atoms with Crippen LogP contribution in [-0.2, 0) is 40.0 Å². The first-order valence-corrected chi connectivity index (χ1v) is 10.3. The van der Waals surface area contributed by atoms with Crippen LogP contribution >= 0.6 is 0 Å². The van der Waals surface area contributed by atoms with E-state index in [1.54, 1.807) is 0 Å². The van der Waals surface area contributed by atoms with Gasteiger partial charge < -0.3 is 47.1 Å². The number of carboxylic acid groups (broad SMARTS) is 4. The molecule has 10 N–H and O–H groups in total. The maximum absolute atomic E-state index is 12.7. The van der Waals surface area contributed by atoms with Crippen LogP contribution in [0.2, 0.25) is 0 Å². The Bertz CT molecular complexity index is 981. The molecule has 0 aromatic carbocycles. The predicted molar refractivity (Wildman–Crippen MR) is 115 cm³/mol. The lowest BCUT2D eigenvalue weighted by Crippen LogP contribution is -2.57. The van der Waals surface area contributed by atoms with Gasteiger partial charge in [0.15, 0.2) is 0 Å². The van der Waals surface area contributed by atoms with Crippen molar-refractivity contribution in [1.82, 2.24) is 25.9 Å². The minimum atomic E-state index is -1.89. The normalized spacial score (nSPS) is 13.9. The number of amides is 3. The molecule has 0 fully saturated rings. The van der Waals surface area contributed by atoms with Gasteiger partial charge in [0.1, 0.15) is 18.1 Å². The highest BCUT2D eigenvalue weighted by Crippen LogP contribution is 2.04. The van der Waals surface area contributed by atoms with Gasteiger partial charge in [-0.2, -0.15) is 0 Å². The van der Waals surface area contributed by atoms with Crippen LogP contribution in [0.25, 0.3) is 0 Å². The smallest absolute Gasteiger partial charge is 0.326 e. The molecule has 1 aromatic heterocycles. The molecule has 198 valence electrons. The van der Waals surface area contributed by atoms with E-state index in [2.05, 4.69) is 20.6 Å². The zero-order chi connectivity index (χ0) is 27.4. The number of aromatic amines is 1. The van der Waals surface area contributed by atoms with Crippen LogP contribution in [0.1, 0.15) is 31.4 Å². The van der Waals surface area contributed by atoms with Crippen molar-refractivity contribution in [2.75, 3.05) is 0 Å². The number of nitrogens with two attached hydrogens (primary N) is 1. The molecule has 4 atom stereocenters. The van der Waals surface area contributed by atoms with Crippen LogP contribution < -0.4 is 21.7 Å². The summed E-state index contributed by atoms with van der Waals surface area (Å²) in [5, 5.41) is 42.0. The Morgan fingerprint density at radius 2 is 1.33 bits per heavy atom. The number of aromatic nitrogens is 2. The third-order valence-corrected chi connectivity index (χ3v) is 4.62. The van der Waals surface area contributed by atoms with Crippen molar-refractivity contribution in [3.8, 4) is 0 Å². The van der Waals surface area contributed by atoms with Gasteiger partial charge in [0, 0.05) is 24.7 Å². The van der Waals surface area contributed by atoms with Gasteiger partial charge in [-0.15, -0.1) is 0 Å². The minimum Gasteiger partial charge on any atom is -0.481 e. The quantitative estimate of drug-likeness (QED) is 0.104. The molecule has 0 aliphatic carbocycles. The average molecular weight is 514 g/mol. The van der Waals surface area contributed by atoms with E-state index in [1.807, 2.05) is 5.32 Å². The van der Waals surface area contributed by atoms with E-state index in [1.165, 1.54) is 12.5 Å². The highest BCUT2D eigenvalue weighted by atomic mass is 16.4. The van der Waals surface area contributed by atoms with Crippen molar-refractivity contribution in [3.05, 3.63) is 18.2 Å². The molecule has 0 saturated carbocycles. The lowest BCUT2D eigenvalue weighted by Gasteiger charge is -2.24. The van der Waals surface area contributed by atoms with Crippen LogP contribution in [0.5, 0.6) is 0 Å². The molecular formula is C19H26N6O11. The van der Waals surface area contributed by atoms with Gasteiger partial charge in [-0.25, -0.2) is 9.78 Å². The molecule has 17 nitrogen and oxygen atoms in total. The average Bonchev–Trinajstić information content (AvgIpc) is 3.27. The third kappa shape index (κ3) is 10.6. The molecule has 0 bridgehead atoms. The molecule has 0 aliphatic rings. The monoisotopic (exact) mass is 514 g/mol. The number of rotatable bonds is 16. The zero-order valence-corrected chi connectivity index (χ0v) is 18.7. The van der Waals surface area contributed by atoms with Gasteiger partial charge in [0.05, 0.1) is 25.2 Å². The van der Waals surface area contributed by atoms with Crippen molar-refractivity contribution < 1.29 is 54.0 Å². The molecule has 1 aromatic rings. The van der Waals surface area contributed by atoms with Crippen LogP contribution in [0.15, 0.2) is 12.5 Å². The molecule has 1 rings (SSSR count). The third-order valence-electron chi connectivity index (χ3n) is 4.62. The Morgan fingerprint density at radius 1 is 0.806 bits per heavy atom. The van der Waals surface area contributed by atoms with Crippen molar-refractivity contribution in [1.29, 1.82) is 0 Å². The molecule has 0 saturated heterocycles.